The zero-order valence-corrected chi connectivity index (χ0v) is 20.8. The number of nitrogens with one attached hydrogen (secondary N) is 2. The molecular formula is C24H29N7O2S. The van der Waals surface area contributed by atoms with E-state index >= 15 is 0 Å². The van der Waals surface area contributed by atoms with E-state index in [1.165, 1.54) is 11.3 Å². The SMILES string of the molecule is Cc1c(-c2[nH]c3sc(C(=O)NCCCN4CCCC4=O)nc3c2C(C)C)cn2ncnc2c1C. The number of carbonyl (C=O) groups excluding carboxylic acids is 2. The highest BCUT2D eigenvalue weighted by molar-refractivity contribution is 7.20. The van der Waals surface area contributed by atoms with Crippen molar-refractivity contribution in [2.24, 2.45) is 0 Å². The summed E-state index contributed by atoms with van der Waals surface area (Å²) in [6.07, 6.45) is 5.89. The second-order valence-electron chi connectivity index (χ2n) is 9.18. The molecule has 9 nitrogen and oxygen atoms in total. The molecule has 0 radical (unpaired) electrons. The standard InChI is InChI=1S/C24H29N7O2S/c1-13(2)18-19(16-11-31-21(26-12-27-31)15(4)14(16)3)28-23-20(18)29-24(34-23)22(33)25-8-6-10-30-9-5-7-17(30)32/h11-13,28H,5-10H2,1-4H3,(H,25,33). The van der Waals surface area contributed by atoms with Crippen LogP contribution < -0.4 is 5.32 Å². The minimum absolute atomic E-state index is 0.172. The van der Waals surface area contributed by atoms with Crippen LogP contribution in [0.25, 0.3) is 27.3 Å². The normalized spacial score (nSPS) is 14.3. The van der Waals surface area contributed by atoms with Crippen molar-refractivity contribution < 1.29 is 9.59 Å². The Morgan fingerprint density at radius 1 is 1.29 bits per heavy atom. The molecule has 0 spiro atoms. The fourth-order valence-electron chi connectivity index (χ4n) is 4.70. The number of rotatable bonds is 7. The Kier molecular flexibility index (Phi) is 5.85. The lowest BCUT2D eigenvalue weighted by molar-refractivity contribution is -0.127. The van der Waals surface area contributed by atoms with Crippen LogP contribution in [-0.4, -0.2) is 60.9 Å². The topological polar surface area (TPSA) is 108 Å². The van der Waals surface area contributed by atoms with Gasteiger partial charge in [0.2, 0.25) is 5.91 Å². The number of pyridine rings is 1. The van der Waals surface area contributed by atoms with Gasteiger partial charge in [-0.15, -0.1) is 0 Å². The zero-order valence-electron chi connectivity index (χ0n) is 19.9. The minimum Gasteiger partial charge on any atom is -0.350 e. The molecule has 4 aromatic rings. The van der Waals surface area contributed by atoms with Gasteiger partial charge >= 0.3 is 0 Å². The van der Waals surface area contributed by atoms with Crippen LogP contribution in [0.3, 0.4) is 0 Å². The molecule has 5 rings (SSSR count). The molecular weight excluding hydrogens is 450 g/mol. The Morgan fingerprint density at radius 2 is 2.12 bits per heavy atom. The van der Waals surface area contributed by atoms with Gasteiger partial charge in [-0.1, -0.05) is 25.2 Å². The van der Waals surface area contributed by atoms with Crippen molar-refractivity contribution in [2.75, 3.05) is 19.6 Å². The average molecular weight is 480 g/mol. The van der Waals surface area contributed by atoms with Gasteiger partial charge in [-0.2, -0.15) is 5.10 Å². The van der Waals surface area contributed by atoms with Crippen molar-refractivity contribution in [3.05, 3.63) is 34.2 Å². The predicted octanol–water partition coefficient (Wildman–Crippen LogP) is 3.82. The molecule has 2 N–H and O–H groups in total. The summed E-state index contributed by atoms with van der Waals surface area (Å²) in [7, 11) is 0. The molecule has 0 saturated carbocycles. The quantitative estimate of drug-likeness (QED) is 0.392. The zero-order chi connectivity index (χ0) is 24.0. The highest BCUT2D eigenvalue weighted by Gasteiger charge is 2.24. The number of hydrogen-bond acceptors (Lipinski definition) is 6. The number of carbonyl (C=O) groups is 2. The summed E-state index contributed by atoms with van der Waals surface area (Å²) in [6, 6.07) is 0. The summed E-state index contributed by atoms with van der Waals surface area (Å²) in [5.74, 6) is 0.256. The van der Waals surface area contributed by atoms with Crippen LogP contribution in [0, 0.1) is 13.8 Å². The number of nitrogens with zero attached hydrogens (tertiary/aromatic N) is 5. The summed E-state index contributed by atoms with van der Waals surface area (Å²) in [6.45, 7) is 10.5. The Hall–Kier alpha value is -3.27. The van der Waals surface area contributed by atoms with Gasteiger partial charge < -0.3 is 15.2 Å². The summed E-state index contributed by atoms with van der Waals surface area (Å²) >= 11 is 1.37. The highest BCUT2D eigenvalue weighted by Crippen LogP contribution is 2.39. The molecule has 2 amide bonds. The van der Waals surface area contributed by atoms with Crippen molar-refractivity contribution in [3.8, 4) is 11.3 Å². The smallest absolute Gasteiger partial charge is 0.280 e. The Bertz CT molecular complexity index is 1400. The highest BCUT2D eigenvalue weighted by atomic mass is 32.1. The number of thiazole rings is 1. The van der Waals surface area contributed by atoms with E-state index in [4.69, 9.17) is 4.98 Å². The Labute approximate surface area is 201 Å². The maximum absolute atomic E-state index is 12.7. The van der Waals surface area contributed by atoms with E-state index in [0.717, 1.165) is 63.3 Å². The largest absolute Gasteiger partial charge is 0.350 e. The van der Waals surface area contributed by atoms with E-state index in [0.29, 0.717) is 24.5 Å². The van der Waals surface area contributed by atoms with E-state index < -0.39 is 0 Å². The maximum atomic E-state index is 12.7. The molecule has 1 aliphatic rings. The average Bonchev–Trinajstić information content (AvgIpc) is 3.57. The molecule has 178 valence electrons. The van der Waals surface area contributed by atoms with Crippen LogP contribution in [0.1, 0.15) is 65.5 Å². The molecule has 10 heteroatoms. The molecule has 0 atom stereocenters. The first kappa shape index (κ1) is 22.5. The third-order valence-electron chi connectivity index (χ3n) is 6.62. The molecule has 1 aliphatic heterocycles. The first-order valence-corrected chi connectivity index (χ1v) is 12.5. The summed E-state index contributed by atoms with van der Waals surface area (Å²) in [4.78, 5) is 39.9. The molecule has 0 unspecified atom stereocenters. The molecule has 0 bridgehead atoms. The lowest BCUT2D eigenvalue weighted by Crippen LogP contribution is -2.30. The number of amides is 2. The summed E-state index contributed by atoms with van der Waals surface area (Å²) < 4.78 is 1.80. The lowest BCUT2D eigenvalue weighted by atomic mass is 9.96. The van der Waals surface area contributed by atoms with Crippen molar-refractivity contribution >= 4 is 39.1 Å². The first-order chi connectivity index (χ1) is 16.3. The van der Waals surface area contributed by atoms with Crippen LogP contribution >= 0.6 is 11.3 Å². The number of aromatic nitrogens is 5. The van der Waals surface area contributed by atoms with Gasteiger partial charge in [-0.3, -0.25) is 9.59 Å². The fraction of sp³-hybridized carbons (Fsp3) is 0.458. The van der Waals surface area contributed by atoms with Gasteiger partial charge in [0.15, 0.2) is 10.7 Å². The van der Waals surface area contributed by atoms with Crippen LogP contribution in [0.5, 0.6) is 0 Å². The predicted molar refractivity (Wildman–Crippen MR) is 132 cm³/mol. The van der Waals surface area contributed by atoms with Crippen molar-refractivity contribution in [1.82, 2.24) is 34.8 Å². The van der Waals surface area contributed by atoms with E-state index in [1.807, 2.05) is 11.1 Å². The molecule has 0 aromatic carbocycles. The van der Waals surface area contributed by atoms with Gasteiger partial charge in [-0.25, -0.2) is 14.5 Å². The first-order valence-electron chi connectivity index (χ1n) is 11.7. The molecule has 0 aliphatic carbocycles. The van der Waals surface area contributed by atoms with Crippen LogP contribution in [0.4, 0.5) is 0 Å². The monoisotopic (exact) mass is 479 g/mol. The number of hydrogen-bond donors (Lipinski definition) is 2. The van der Waals surface area contributed by atoms with Gasteiger partial charge in [0, 0.05) is 43.4 Å². The molecule has 5 heterocycles. The molecule has 4 aromatic heterocycles. The third-order valence-corrected chi connectivity index (χ3v) is 7.59. The lowest BCUT2D eigenvalue weighted by Gasteiger charge is -2.15. The Balaban J connectivity index is 1.39. The van der Waals surface area contributed by atoms with Crippen molar-refractivity contribution in [3.63, 3.8) is 0 Å². The van der Waals surface area contributed by atoms with Crippen LogP contribution in [0.15, 0.2) is 12.5 Å². The summed E-state index contributed by atoms with van der Waals surface area (Å²) in [5.41, 5.74) is 7.11. The van der Waals surface area contributed by atoms with Gasteiger partial charge in [0.25, 0.3) is 5.91 Å². The number of fused-ring (bicyclic) bond motifs is 2. The minimum atomic E-state index is -0.172. The van der Waals surface area contributed by atoms with Crippen molar-refractivity contribution in [1.29, 1.82) is 0 Å². The van der Waals surface area contributed by atoms with E-state index in [-0.39, 0.29) is 17.7 Å². The summed E-state index contributed by atoms with van der Waals surface area (Å²) in [5, 5.41) is 7.74. The molecule has 34 heavy (non-hydrogen) atoms. The van der Waals surface area contributed by atoms with Crippen LogP contribution in [-0.2, 0) is 4.79 Å². The number of likely N-dealkylation sites (tertiary alicyclic amines) is 1. The van der Waals surface area contributed by atoms with Crippen LogP contribution in [0.2, 0.25) is 0 Å². The number of aryl methyl sites for hydroxylation is 1. The second kappa shape index (κ2) is 8.83. The second-order valence-corrected chi connectivity index (χ2v) is 10.2. The van der Waals surface area contributed by atoms with Gasteiger partial charge in [0.1, 0.15) is 16.7 Å². The van der Waals surface area contributed by atoms with Gasteiger partial charge in [-0.05, 0) is 43.7 Å². The van der Waals surface area contributed by atoms with E-state index in [2.05, 4.69) is 48.1 Å². The third kappa shape index (κ3) is 3.85. The molecule has 1 saturated heterocycles. The maximum Gasteiger partial charge on any atom is 0.280 e. The van der Waals surface area contributed by atoms with E-state index in [9.17, 15) is 9.59 Å². The van der Waals surface area contributed by atoms with Gasteiger partial charge in [0.05, 0.1) is 5.69 Å². The van der Waals surface area contributed by atoms with Crippen molar-refractivity contribution in [2.45, 2.75) is 52.9 Å². The van der Waals surface area contributed by atoms with E-state index in [1.54, 1.807) is 10.8 Å². The number of aromatic amines is 1. The number of H-pyrrole nitrogens is 1. The molecule has 1 fully saturated rings. The fourth-order valence-corrected chi connectivity index (χ4v) is 5.60. The Morgan fingerprint density at radius 3 is 2.85 bits per heavy atom.